The average molecular weight is 405 g/mol. The highest BCUT2D eigenvalue weighted by atomic mass is 35.5. The number of likely N-dealkylation sites (N-methyl/N-ethyl adjacent to an activating group) is 1. The number of hydrogen-bond donors (Lipinski definition) is 1. The van der Waals surface area contributed by atoms with Gasteiger partial charge in [0.1, 0.15) is 0 Å². The Balaban J connectivity index is 1.49. The number of hydrogen-bond acceptors (Lipinski definition) is 4. The van der Waals surface area contributed by atoms with Crippen molar-refractivity contribution in [3.8, 4) is 0 Å². The Labute approximate surface area is 169 Å². The summed E-state index contributed by atoms with van der Waals surface area (Å²) >= 11 is 6.36. The smallest absolute Gasteiger partial charge is 0.322 e. The first-order valence-corrected chi connectivity index (χ1v) is 10.0. The van der Waals surface area contributed by atoms with E-state index in [9.17, 15) is 9.59 Å². The van der Waals surface area contributed by atoms with Crippen LogP contribution in [0.3, 0.4) is 0 Å². The van der Waals surface area contributed by atoms with Gasteiger partial charge >= 0.3 is 6.03 Å². The standard InChI is InChI=1S/C20H25ClN4O3/c1-23-16-13-25(8-4-7-24-9-11-28-12-10-24)19(26)17(16)18(22-20(23)27)14-5-2-3-6-15(14)21/h2-3,5-6,18H,4,7-13H2,1H3,(H,22,27)/t18-/m1/s1. The van der Waals surface area contributed by atoms with Crippen LogP contribution in [0.4, 0.5) is 4.79 Å². The Morgan fingerprint density at radius 1 is 1.18 bits per heavy atom. The summed E-state index contributed by atoms with van der Waals surface area (Å²) in [5.74, 6) is -0.0197. The van der Waals surface area contributed by atoms with Gasteiger partial charge in [0.05, 0.1) is 37.1 Å². The van der Waals surface area contributed by atoms with Gasteiger partial charge in [0.15, 0.2) is 0 Å². The normalized spacial score (nSPS) is 23.3. The zero-order valence-electron chi connectivity index (χ0n) is 16.0. The highest BCUT2D eigenvalue weighted by Crippen LogP contribution is 2.37. The molecule has 1 aromatic rings. The molecular formula is C20H25ClN4O3. The fourth-order valence-corrected chi connectivity index (χ4v) is 4.30. The van der Waals surface area contributed by atoms with E-state index in [-0.39, 0.29) is 11.9 Å². The fraction of sp³-hybridized carbons (Fsp3) is 0.500. The van der Waals surface area contributed by atoms with Gasteiger partial charge in [-0.05, 0) is 18.1 Å². The third kappa shape index (κ3) is 3.62. The highest BCUT2D eigenvalue weighted by Gasteiger charge is 2.43. The molecule has 150 valence electrons. The number of rotatable bonds is 5. The molecule has 4 rings (SSSR count). The number of morpholine rings is 1. The third-order valence-corrected chi connectivity index (χ3v) is 6.00. The fourth-order valence-electron chi connectivity index (χ4n) is 4.06. The van der Waals surface area contributed by atoms with E-state index in [0.29, 0.717) is 23.7 Å². The molecule has 0 spiro atoms. The molecule has 3 heterocycles. The third-order valence-electron chi connectivity index (χ3n) is 5.66. The highest BCUT2D eigenvalue weighted by molar-refractivity contribution is 6.31. The summed E-state index contributed by atoms with van der Waals surface area (Å²) in [4.78, 5) is 31.4. The van der Waals surface area contributed by atoms with E-state index in [2.05, 4.69) is 10.2 Å². The van der Waals surface area contributed by atoms with E-state index < -0.39 is 6.04 Å². The monoisotopic (exact) mass is 404 g/mol. The summed E-state index contributed by atoms with van der Waals surface area (Å²) in [7, 11) is 1.71. The van der Waals surface area contributed by atoms with Crippen LogP contribution < -0.4 is 5.32 Å². The minimum atomic E-state index is -0.510. The Hall–Kier alpha value is -2.09. The number of nitrogens with one attached hydrogen (secondary N) is 1. The van der Waals surface area contributed by atoms with Gasteiger partial charge in [-0.3, -0.25) is 14.6 Å². The quantitative estimate of drug-likeness (QED) is 0.813. The molecule has 1 aromatic carbocycles. The van der Waals surface area contributed by atoms with Gasteiger partial charge in [0.25, 0.3) is 5.91 Å². The molecule has 8 heteroatoms. The lowest BCUT2D eigenvalue weighted by molar-refractivity contribution is -0.125. The molecule has 7 nitrogen and oxygen atoms in total. The van der Waals surface area contributed by atoms with Gasteiger partial charge in [-0.25, -0.2) is 4.79 Å². The van der Waals surface area contributed by atoms with E-state index in [1.165, 1.54) is 0 Å². The van der Waals surface area contributed by atoms with Crippen LogP contribution in [0.2, 0.25) is 5.02 Å². The number of nitrogens with zero attached hydrogens (tertiary/aromatic N) is 3. The molecule has 3 aliphatic heterocycles. The van der Waals surface area contributed by atoms with Crippen LogP contribution >= 0.6 is 11.6 Å². The SMILES string of the molecule is CN1C(=O)N[C@H](c2ccccc2Cl)C2=C1CN(CCCN1CCOCC1)C2=O. The van der Waals surface area contributed by atoms with Gasteiger partial charge < -0.3 is 15.0 Å². The number of carbonyl (C=O) groups excluding carboxylic acids is 2. The molecule has 0 aliphatic carbocycles. The number of urea groups is 1. The zero-order chi connectivity index (χ0) is 19.7. The van der Waals surface area contributed by atoms with Crippen LogP contribution in [-0.2, 0) is 9.53 Å². The van der Waals surface area contributed by atoms with Gasteiger partial charge in [0.2, 0.25) is 0 Å². The van der Waals surface area contributed by atoms with Crippen LogP contribution in [0, 0.1) is 0 Å². The number of halogens is 1. The van der Waals surface area contributed by atoms with E-state index in [1.807, 2.05) is 23.1 Å². The van der Waals surface area contributed by atoms with Crippen molar-refractivity contribution in [2.24, 2.45) is 0 Å². The molecule has 0 unspecified atom stereocenters. The molecule has 1 atom stereocenters. The van der Waals surface area contributed by atoms with E-state index in [1.54, 1.807) is 18.0 Å². The number of amides is 3. The average Bonchev–Trinajstić information content (AvgIpc) is 3.03. The minimum Gasteiger partial charge on any atom is -0.379 e. The predicted octanol–water partition coefficient (Wildman–Crippen LogP) is 1.85. The number of ether oxygens (including phenoxy) is 1. The van der Waals surface area contributed by atoms with Crippen molar-refractivity contribution in [1.29, 1.82) is 0 Å². The molecule has 3 aliphatic rings. The molecule has 0 aromatic heterocycles. The Morgan fingerprint density at radius 3 is 2.68 bits per heavy atom. The molecule has 0 radical (unpaired) electrons. The Morgan fingerprint density at radius 2 is 1.93 bits per heavy atom. The van der Waals surface area contributed by atoms with Crippen molar-refractivity contribution >= 4 is 23.5 Å². The largest absolute Gasteiger partial charge is 0.379 e. The summed E-state index contributed by atoms with van der Waals surface area (Å²) < 4.78 is 5.38. The van der Waals surface area contributed by atoms with Gasteiger partial charge in [-0.15, -0.1) is 0 Å². The van der Waals surface area contributed by atoms with Crippen molar-refractivity contribution in [1.82, 2.24) is 20.0 Å². The summed E-state index contributed by atoms with van der Waals surface area (Å²) in [5, 5.41) is 3.47. The van der Waals surface area contributed by atoms with Crippen LogP contribution in [0.1, 0.15) is 18.0 Å². The molecule has 1 saturated heterocycles. The van der Waals surface area contributed by atoms with Crippen molar-refractivity contribution in [3.63, 3.8) is 0 Å². The first-order valence-electron chi connectivity index (χ1n) is 9.67. The van der Waals surface area contributed by atoms with Gasteiger partial charge in [-0.1, -0.05) is 29.8 Å². The minimum absolute atomic E-state index is 0.0197. The molecule has 28 heavy (non-hydrogen) atoms. The van der Waals surface area contributed by atoms with Crippen LogP contribution in [0.5, 0.6) is 0 Å². The van der Waals surface area contributed by atoms with Crippen molar-refractivity contribution in [2.45, 2.75) is 12.5 Å². The molecule has 1 fully saturated rings. The lowest BCUT2D eigenvalue weighted by Crippen LogP contribution is -2.45. The van der Waals surface area contributed by atoms with Crippen LogP contribution in [0.15, 0.2) is 35.5 Å². The first kappa shape index (κ1) is 19.2. The van der Waals surface area contributed by atoms with Crippen molar-refractivity contribution < 1.29 is 14.3 Å². The van der Waals surface area contributed by atoms with Gasteiger partial charge in [-0.2, -0.15) is 0 Å². The predicted molar refractivity (Wildman–Crippen MR) is 106 cm³/mol. The maximum atomic E-state index is 13.2. The summed E-state index contributed by atoms with van der Waals surface area (Å²) in [6.07, 6.45) is 0.897. The van der Waals surface area contributed by atoms with Crippen LogP contribution in [-0.4, -0.2) is 79.6 Å². The van der Waals surface area contributed by atoms with Crippen molar-refractivity contribution in [3.05, 3.63) is 46.1 Å². The maximum absolute atomic E-state index is 13.2. The molecular weight excluding hydrogens is 380 g/mol. The molecule has 0 bridgehead atoms. The van der Waals surface area contributed by atoms with E-state index >= 15 is 0 Å². The summed E-state index contributed by atoms with van der Waals surface area (Å²) in [5.41, 5.74) is 2.15. The maximum Gasteiger partial charge on any atom is 0.322 e. The lowest BCUT2D eigenvalue weighted by Gasteiger charge is -2.31. The first-order chi connectivity index (χ1) is 13.6. The second-order valence-corrected chi connectivity index (χ2v) is 7.76. The van der Waals surface area contributed by atoms with E-state index in [4.69, 9.17) is 16.3 Å². The molecule has 0 saturated carbocycles. The Kier molecular flexibility index (Phi) is 5.57. The summed E-state index contributed by atoms with van der Waals surface area (Å²) in [6, 6.07) is 6.62. The van der Waals surface area contributed by atoms with Crippen LogP contribution in [0.25, 0.3) is 0 Å². The van der Waals surface area contributed by atoms with Crippen molar-refractivity contribution in [2.75, 3.05) is 53.0 Å². The lowest BCUT2D eigenvalue weighted by atomic mass is 9.96. The molecule has 3 amide bonds. The number of benzene rings is 1. The summed E-state index contributed by atoms with van der Waals surface area (Å²) in [6.45, 7) is 5.51. The molecule has 1 N–H and O–H groups in total. The number of carbonyl (C=O) groups is 2. The van der Waals surface area contributed by atoms with E-state index in [0.717, 1.165) is 50.5 Å². The van der Waals surface area contributed by atoms with Gasteiger partial charge in [0, 0.05) is 38.2 Å². The zero-order valence-corrected chi connectivity index (χ0v) is 16.7. The Bertz CT molecular complexity index is 806. The second kappa shape index (κ2) is 8.11. The topological polar surface area (TPSA) is 65.1 Å². The second-order valence-electron chi connectivity index (χ2n) is 7.36.